The molecule has 0 saturated heterocycles. The van der Waals surface area contributed by atoms with Gasteiger partial charge < -0.3 is 15.8 Å². The summed E-state index contributed by atoms with van der Waals surface area (Å²) in [5.41, 5.74) is 4.87. The van der Waals surface area contributed by atoms with Gasteiger partial charge in [0.1, 0.15) is 0 Å². The molecule has 1 amide bonds. The number of hydrogen-bond donors (Lipinski definition) is 2. The Bertz CT molecular complexity index is 242. The van der Waals surface area contributed by atoms with Crippen molar-refractivity contribution < 1.29 is 9.53 Å². The van der Waals surface area contributed by atoms with E-state index in [9.17, 15) is 4.79 Å². The zero-order valence-electron chi connectivity index (χ0n) is 9.79. The molecule has 5 heteroatoms. The Balaban J connectivity index is 3.99. The second-order valence-corrected chi connectivity index (χ2v) is 4.56. The number of carbonyl (C=O) groups excluding carboxylic acids is 1. The second kappa shape index (κ2) is 6.02. The molecule has 0 aliphatic rings. The van der Waals surface area contributed by atoms with Gasteiger partial charge in [0.15, 0.2) is 0 Å². The first-order valence-electron chi connectivity index (χ1n) is 4.93. The summed E-state index contributed by atoms with van der Waals surface area (Å²) in [5, 5.41) is 2.77. The lowest BCUT2D eigenvalue weighted by molar-refractivity contribution is -0.122. The minimum atomic E-state index is -0.622. The van der Waals surface area contributed by atoms with Gasteiger partial charge in [-0.1, -0.05) is 12.2 Å². The van der Waals surface area contributed by atoms with Crippen LogP contribution in [-0.2, 0) is 9.53 Å². The van der Waals surface area contributed by atoms with Gasteiger partial charge in [0, 0.05) is 13.5 Å². The summed E-state index contributed by atoms with van der Waals surface area (Å²) in [7, 11) is 1.63. The molecular formula is C10H20N2O2S. The fourth-order valence-electron chi connectivity index (χ4n) is 0.925. The predicted molar refractivity (Wildman–Crippen MR) is 64.7 cm³/mol. The van der Waals surface area contributed by atoms with Crippen LogP contribution in [0.3, 0.4) is 0 Å². The van der Waals surface area contributed by atoms with Gasteiger partial charge in [-0.25, -0.2) is 0 Å². The zero-order chi connectivity index (χ0) is 12.1. The van der Waals surface area contributed by atoms with Gasteiger partial charge >= 0.3 is 0 Å². The summed E-state index contributed by atoms with van der Waals surface area (Å²) < 4.78 is 5.05. The number of ether oxygens (including phenoxy) is 1. The highest BCUT2D eigenvalue weighted by Gasteiger charge is 2.23. The normalized spacial score (nSPS) is 13.3. The third-order valence-corrected chi connectivity index (χ3v) is 2.76. The maximum atomic E-state index is 11.5. The van der Waals surface area contributed by atoms with E-state index >= 15 is 0 Å². The minimum Gasteiger partial charge on any atom is -0.391 e. The van der Waals surface area contributed by atoms with Crippen molar-refractivity contribution in [2.45, 2.75) is 45.3 Å². The maximum Gasteiger partial charge on any atom is 0.220 e. The molecule has 0 spiro atoms. The van der Waals surface area contributed by atoms with E-state index in [1.54, 1.807) is 21.0 Å². The summed E-state index contributed by atoms with van der Waals surface area (Å²) in [4.78, 5) is 11.8. The summed E-state index contributed by atoms with van der Waals surface area (Å²) in [5.74, 6) is -0.0586. The first-order valence-corrected chi connectivity index (χ1v) is 5.34. The van der Waals surface area contributed by atoms with Gasteiger partial charge in [0.25, 0.3) is 0 Å². The molecular weight excluding hydrogens is 212 g/mol. The Morgan fingerprint density at radius 1 is 1.60 bits per heavy atom. The molecule has 0 rings (SSSR count). The van der Waals surface area contributed by atoms with Gasteiger partial charge in [-0.05, 0) is 27.2 Å². The monoisotopic (exact) mass is 232 g/mol. The summed E-state index contributed by atoms with van der Waals surface area (Å²) in [6.07, 6.45) is 1.19. The number of nitrogens with two attached hydrogens (primary N) is 1. The molecule has 0 saturated carbocycles. The second-order valence-electron chi connectivity index (χ2n) is 4.12. The van der Waals surface area contributed by atoms with Crippen molar-refractivity contribution in [1.82, 2.24) is 5.32 Å². The van der Waals surface area contributed by atoms with Crippen LogP contribution in [0.4, 0.5) is 0 Å². The SMILES string of the molecule is COC(C)CCC(=O)NC(C)(C)C(N)=S. The van der Waals surface area contributed by atoms with E-state index in [-0.39, 0.29) is 17.0 Å². The molecule has 1 unspecified atom stereocenters. The maximum absolute atomic E-state index is 11.5. The Morgan fingerprint density at radius 3 is 2.53 bits per heavy atom. The van der Waals surface area contributed by atoms with E-state index in [2.05, 4.69) is 5.32 Å². The molecule has 0 radical (unpaired) electrons. The van der Waals surface area contributed by atoms with E-state index in [0.29, 0.717) is 12.8 Å². The van der Waals surface area contributed by atoms with E-state index in [0.717, 1.165) is 0 Å². The van der Waals surface area contributed by atoms with Crippen LogP contribution >= 0.6 is 12.2 Å². The van der Waals surface area contributed by atoms with Gasteiger partial charge in [0.05, 0.1) is 16.6 Å². The average Bonchev–Trinajstić information content (AvgIpc) is 2.13. The van der Waals surface area contributed by atoms with E-state index in [1.165, 1.54) is 0 Å². The molecule has 1 atom stereocenters. The van der Waals surface area contributed by atoms with Crippen molar-refractivity contribution in [2.24, 2.45) is 5.73 Å². The van der Waals surface area contributed by atoms with Crippen LogP contribution in [0, 0.1) is 0 Å². The quantitative estimate of drug-likeness (QED) is 0.670. The zero-order valence-corrected chi connectivity index (χ0v) is 10.6. The lowest BCUT2D eigenvalue weighted by Gasteiger charge is -2.25. The number of thiocarbonyl (C=S) groups is 1. The predicted octanol–water partition coefficient (Wildman–Crippen LogP) is 0.982. The topological polar surface area (TPSA) is 64.3 Å². The standard InChI is InChI=1S/C10H20N2O2S/c1-7(14-4)5-6-8(13)12-10(2,3)9(11)15/h7H,5-6H2,1-4H3,(H2,11,15)(H,12,13). The van der Waals surface area contributed by atoms with Crippen LogP contribution in [0.5, 0.6) is 0 Å². The molecule has 0 heterocycles. The third-order valence-electron chi connectivity index (χ3n) is 2.25. The molecule has 0 fully saturated rings. The summed E-state index contributed by atoms with van der Waals surface area (Å²) >= 11 is 4.85. The lowest BCUT2D eigenvalue weighted by Crippen LogP contribution is -2.52. The number of amides is 1. The molecule has 0 aromatic heterocycles. The fraction of sp³-hybridized carbons (Fsp3) is 0.800. The van der Waals surface area contributed by atoms with Crippen molar-refractivity contribution in [3.8, 4) is 0 Å². The van der Waals surface area contributed by atoms with Gasteiger partial charge in [0.2, 0.25) is 5.91 Å². The van der Waals surface area contributed by atoms with Gasteiger partial charge in [-0.15, -0.1) is 0 Å². The molecule has 0 aliphatic heterocycles. The van der Waals surface area contributed by atoms with E-state index < -0.39 is 5.54 Å². The number of hydrogen-bond acceptors (Lipinski definition) is 3. The highest BCUT2D eigenvalue weighted by molar-refractivity contribution is 7.80. The Labute approximate surface area is 96.5 Å². The van der Waals surface area contributed by atoms with E-state index in [4.69, 9.17) is 22.7 Å². The number of rotatable bonds is 6. The molecule has 15 heavy (non-hydrogen) atoms. The molecule has 3 N–H and O–H groups in total. The first-order chi connectivity index (χ1) is 6.79. The van der Waals surface area contributed by atoms with Gasteiger partial charge in [-0.2, -0.15) is 0 Å². The molecule has 4 nitrogen and oxygen atoms in total. The first kappa shape index (κ1) is 14.3. The molecule has 0 aliphatic carbocycles. The summed E-state index contributed by atoms with van der Waals surface area (Å²) in [6.45, 7) is 5.49. The van der Waals surface area contributed by atoms with Crippen LogP contribution in [0.15, 0.2) is 0 Å². The molecule has 0 aromatic rings. The fourth-order valence-corrected chi connectivity index (χ4v) is 0.976. The average molecular weight is 232 g/mol. The van der Waals surface area contributed by atoms with E-state index in [1.807, 2.05) is 6.92 Å². The summed E-state index contributed by atoms with van der Waals surface area (Å²) in [6, 6.07) is 0. The Kier molecular flexibility index (Phi) is 5.75. The van der Waals surface area contributed by atoms with Crippen molar-refractivity contribution in [3.63, 3.8) is 0 Å². The highest BCUT2D eigenvalue weighted by Crippen LogP contribution is 2.05. The molecule has 88 valence electrons. The van der Waals surface area contributed by atoms with Crippen LogP contribution in [0.1, 0.15) is 33.6 Å². The van der Waals surface area contributed by atoms with Crippen LogP contribution in [-0.4, -0.2) is 29.6 Å². The largest absolute Gasteiger partial charge is 0.391 e. The third kappa shape index (κ3) is 5.69. The highest BCUT2D eigenvalue weighted by atomic mass is 32.1. The number of methoxy groups -OCH3 is 1. The van der Waals surface area contributed by atoms with Crippen LogP contribution in [0.25, 0.3) is 0 Å². The van der Waals surface area contributed by atoms with Crippen molar-refractivity contribution >= 4 is 23.1 Å². The number of carbonyl (C=O) groups is 1. The van der Waals surface area contributed by atoms with Crippen molar-refractivity contribution in [3.05, 3.63) is 0 Å². The van der Waals surface area contributed by atoms with Gasteiger partial charge in [-0.3, -0.25) is 4.79 Å². The molecule has 0 aromatic carbocycles. The molecule has 0 bridgehead atoms. The Hall–Kier alpha value is -0.680. The van der Waals surface area contributed by atoms with Crippen molar-refractivity contribution in [2.75, 3.05) is 7.11 Å². The lowest BCUT2D eigenvalue weighted by atomic mass is 10.1. The van der Waals surface area contributed by atoms with Crippen molar-refractivity contribution in [1.29, 1.82) is 0 Å². The minimum absolute atomic E-state index is 0.0586. The van der Waals surface area contributed by atoms with Crippen LogP contribution in [0.2, 0.25) is 0 Å². The Morgan fingerprint density at radius 2 is 2.13 bits per heavy atom. The van der Waals surface area contributed by atoms with Crippen LogP contribution < -0.4 is 11.1 Å². The number of nitrogens with one attached hydrogen (secondary N) is 1. The smallest absolute Gasteiger partial charge is 0.220 e.